The maximum absolute atomic E-state index is 13.2. The fourth-order valence-corrected chi connectivity index (χ4v) is 5.19. The minimum absolute atomic E-state index is 0.0193. The van der Waals surface area contributed by atoms with Crippen molar-refractivity contribution >= 4 is 34.0 Å². The maximum atomic E-state index is 13.2. The summed E-state index contributed by atoms with van der Waals surface area (Å²) < 4.78 is 10.8. The van der Waals surface area contributed by atoms with Gasteiger partial charge in [-0.2, -0.15) is 0 Å². The van der Waals surface area contributed by atoms with E-state index in [4.69, 9.17) is 9.47 Å². The Hall–Kier alpha value is -4.21. The van der Waals surface area contributed by atoms with Crippen LogP contribution in [-0.4, -0.2) is 53.2 Å². The highest BCUT2D eigenvalue weighted by Gasteiger charge is 2.32. The summed E-state index contributed by atoms with van der Waals surface area (Å²) in [5, 5.41) is 14.9. The molecule has 0 radical (unpaired) electrons. The number of carbonyl (C=O) groups excluding carboxylic acids is 1. The van der Waals surface area contributed by atoms with Crippen LogP contribution in [0.4, 0.5) is 17.2 Å². The van der Waals surface area contributed by atoms with Crippen LogP contribution in [0.15, 0.2) is 60.9 Å². The Morgan fingerprint density at radius 2 is 1.86 bits per heavy atom. The van der Waals surface area contributed by atoms with Crippen molar-refractivity contribution in [2.45, 2.75) is 19.2 Å². The van der Waals surface area contributed by atoms with E-state index < -0.39 is 6.23 Å². The molecule has 1 unspecified atom stereocenters. The van der Waals surface area contributed by atoms with Crippen LogP contribution < -0.4 is 19.7 Å². The lowest BCUT2D eigenvalue weighted by molar-refractivity contribution is -0.122. The smallest absolute Gasteiger partial charge is 0.241 e. The number of nitrogens with zero attached hydrogens (tertiary/aromatic N) is 4. The molecule has 0 saturated heterocycles. The number of hydrogen-bond donors (Lipinski definition) is 2. The Kier molecular flexibility index (Phi) is 5.86. The Labute approximate surface area is 214 Å². The van der Waals surface area contributed by atoms with Crippen molar-refractivity contribution in [2.24, 2.45) is 0 Å². The number of fused-ring (bicyclic) bond motifs is 3. The van der Waals surface area contributed by atoms with E-state index in [-0.39, 0.29) is 12.5 Å². The average Bonchev–Trinajstić information content (AvgIpc) is 3.48. The molecule has 4 aromatic rings. The first-order valence-corrected chi connectivity index (χ1v) is 12.1. The van der Waals surface area contributed by atoms with Gasteiger partial charge in [0.25, 0.3) is 0 Å². The van der Waals surface area contributed by atoms with E-state index in [9.17, 15) is 9.90 Å². The van der Waals surface area contributed by atoms with Crippen LogP contribution in [0, 0.1) is 0 Å². The molecule has 0 fully saturated rings. The molecule has 1 amide bonds. The molecule has 3 aromatic carbocycles. The summed E-state index contributed by atoms with van der Waals surface area (Å²) in [6.45, 7) is 1.34. The van der Waals surface area contributed by atoms with Crippen molar-refractivity contribution in [1.82, 2.24) is 14.9 Å². The van der Waals surface area contributed by atoms with E-state index >= 15 is 0 Å². The molecule has 37 heavy (non-hydrogen) atoms. The number of methoxy groups -OCH3 is 2. The van der Waals surface area contributed by atoms with Gasteiger partial charge in [-0.25, -0.2) is 9.97 Å². The van der Waals surface area contributed by atoms with Crippen molar-refractivity contribution in [3.05, 3.63) is 77.6 Å². The summed E-state index contributed by atoms with van der Waals surface area (Å²) in [6, 6.07) is 17.4. The number of aromatic nitrogens is 2. The number of rotatable bonds is 6. The van der Waals surface area contributed by atoms with Gasteiger partial charge in [-0.05, 0) is 47.4 Å². The van der Waals surface area contributed by atoms with Crippen LogP contribution in [0.5, 0.6) is 11.5 Å². The van der Waals surface area contributed by atoms with Gasteiger partial charge in [-0.15, -0.1) is 0 Å². The van der Waals surface area contributed by atoms with E-state index in [0.29, 0.717) is 30.4 Å². The average molecular weight is 498 g/mol. The summed E-state index contributed by atoms with van der Waals surface area (Å²) in [4.78, 5) is 25.6. The predicted octanol–water partition coefficient (Wildman–Crippen LogP) is 3.79. The quantitative estimate of drug-likeness (QED) is 0.415. The molecule has 0 bridgehead atoms. The third kappa shape index (κ3) is 4.12. The molecule has 0 saturated carbocycles. The zero-order valence-electron chi connectivity index (χ0n) is 20.6. The van der Waals surface area contributed by atoms with Gasteiger partial charge in [0.05, 0.1) is 26.3 Å². The van der Waals surface area contributed by atoms with E-state index in [2.05, 4.69) is 21.4 Å². The third-order valence-electron chi connectivity index (χ3n) is 7.07. The number of amides is 1. The standard InChI is InChI=1S/C28H27N5O4/c1-36-24-12-21-22(13-25(24)37-2)29-16-30-27(21)31-19-7-8-23-17(11-19)9-10-33(23)26(34)15-32-14-18-5-3-4-6-20(18)28(32)35/h3-8,11-13,16,28,35H,9-10,14-15H2,1-2H3,(H,29,30,31). The number of aliphatic hydroxyl groups excluding tert-OH is 1. The first-order valence-electron chi connectivity index (χ1n) is 12.1. The molecule has 2 aliphatic rings. The Bertz CT molecular complexity index is 1510. The molecule has 0 aliphatic carbocycles. The van der Waals surface area contributed by atoms with Gasteiger partial charge < -0.3 is 24.8 Å². The van der Waals surface area contributed by atoms with Gasteiger partial charge in [-0.3, -0.25) is 9.69 Å². The lowest BCUT2D eigenvalue weighted by Gasteiger charge is -2.24. The second kappa shape index (κ2) is 9.34. The Morgan fingerprint density at radius 1 is 1.05 bits per heavy atom. The molecule has 0 spiro atoms. The van der Waals surface area contributed by atoms with E-state index in [1.165, 1.54) is 6.33 Å². The minimum atomic E-state index is -0.755. The molecule has 1 atom stereocenters. The molecule has 9 nitrogen and oxygen atoms in total. The molecule has 188 valence electrons. The SMILES string of the molecule is COc1cc2ncnc(Nc3ccc4c(c3)CCN4C(=O)CN3Cc4ccccc4C3O)c2cc1OC. The third-order valence-corrected chi connectivity index (χ3v) is 7.07. The molecule has 1 aromatic heterocycles. The van der Waals surface area contributed by atoms with Gasteiger partial charge in [0.1, 0.15) is 18.4 Å². The van der Waals surface area contributed by atoms with Crippen LogP contribution in [-0.2, 0) is 17.8 Å². The summed E-state index contributed by atoms with van der Waals surface area (Å²) in [5.41, 5.74) is 5.53. The molecule has 3 heterocycles. The molecule has 9 heteroatoms. The van der Waals surface area contributed by atoms with Crippen molar-refractivity contribution < 1.29 is 19.4 Å². The van der Waals surface area contributed by atoms with Crippen molar-refractivity contribution in [2.75, 3.05) is 37.5 Å². The fourth-order valence-electron chi connectivity index (χ4n) is 5.19. The highest BCUT2D eigenvalue weighted by atomic mass is 16.5. The number of hydrogen-bond acceptors (Lipinski definition) is 8. The second-order valence-electron chi connectivity index (χ2n) is 9.19. The van der Waals surface area contributed by atoms with Gasteiger partial charge >= 0.3 is 0 Å². The first-order chi connectivity index (χ1) is 18.1. The van der Waals surface area contributed by atoms with E-state index in [1.54, 1.807) is 14.2 Å². The lowest BCUT2D eigenvalue weighted by atomic mass is 10.1. The molecular weight excluding hydrogens is 470 g/mol. The van der Waals surface area contributed by atoms with Gasteiger partial charge in [0.15, 0.2) is 11.5 Å². The zero-order valence-corrected chi connectivity index (χ0v) is 20.6. The summed E-state index contributed by atoms with van der Waals surface area (Å²) in [7, 11) is 3.19. The van der Waals surface area contributed by atoms with Crippen LogP contribution in [0.25, 0.3) is 10.9 Å². The zero-order chi connectivity index (χ0) is 25.5. The van der Waals surface area contributed by atoms with Crippen molar-refractivity contribution in [3.63, 3.8) is 0 Å². The van der Waals surface area contributed by atoms with Gasteiger partial charge in [0.2, 0.25) is 5.91 Å². The number of benzene rings is 3. The number of anilines is 3. The second-order valence-corrected chi connectivity index (χ2v) is 9.19. The van der Waals surface area contributed by atoms with Gasteiger partial charge in [0, 0.05) is 35.9 Å². The topological polar surface area (TPSA) is 100 Å². The van der Waals surface area contributed by atoms with Crippen molar-refractivity contribution in [3.8, 4) is 11.5 Å². The molecule has 6 rings (SSSR count). The fraction of sp³-hybridized carbons (Fsp3) is 0.250. The van der Waals surface area contributed by atoms with E-state index in [1.807, 2.05) is 58.3 Å². The minimum Gasteiger partial charge on any atom is -0.493 e. The van der Waals surface area contributed by atoms with Crippen LogP contribution >= 0.6 is 0 Å². The summed E-state index contributed by atoms with van der Waals surface area (Å²) in [5.74, 6) is 1.84. The number of aliphatic hydroxyl groups is 1. The lowest BCUT2D eigenvalue weighted by Crippen LogP contribution is -2.39. The van der Waals surface area contributed by atoms with Crippen LogP contribution in [0.2, 0.25) is 0 Å². The van der Waals surface area contributed by atoms with E-state index in [0.717, 1.165) is 45.4 Å². The first kappa shape index (κ1) is 23.2. The number of ether oxygens (including phenoxy) is 2. The number of nitrogens with one attached hydrogen (secondary N) is 1. The monoisotopic (exact) mass is 497 g/mol. The van der Waals surface area contributed by atoms with Gasteiger partial charge in [-0.1, -0.05) is 24.3 Å². The molecule has 2 N–H and O–H groups in total. The van der Waals surface area contributed by atoms with Crippen LogP contribution in [0.1, 0.15) is 22.9 Å². The normalized spacial score (nSPS) is 16.5. The molecular formula is C28H27N5O4. The number of carbonyl (C=O) groups is 1. The maximum Gasteiger partial charge on any atom is 0.241 e. The summed E-state index contributed by atoms with van der Waals surface area (Å²) >= 11 is 0. The highest BCUT2D eigenvalue weighted by molar-refractivity contribution is 5.97. The van der Waals surface area contributed by atoms with Crippen molar-refractivity contribution in [1.29, 1.82) is 0 Å². The molecule has 2 aliphatic heterocycles. The summed E-state index contributed by atoms with van der Waals surface area (Å²) in [6.07, 6.45) is 1.51. The predicted molar refractivity (Wildman–Crippen MR) is 140 cm³/mol. The highest BCUT2D eigenvalue weighted by Crippen LogP contribution is 2.37. The largest absolute Gasteiger partial charge is 0.493 e. The van der Waals surface area contributed by atoms with Crippen LogP contribution in [0.3, 0.4) is 0 Å². The Balaban J connectivity index is 1.20. The Morgan fingerprint density at radius 3 is 2.68 bits per heavy atom.